The maximum atomic E-state index is 14.7. The van der Waals surface area contributed by atoms with Gasteiger partial charge >= 0.3 is 6.61 Å². The number of benzene rings is 3. The minimum atomic E-state index is -3.64. The first kappa shape index (κ1) is 29.1. The number of hydrogen-bond donors (Lipinski definition) is 1. The van der Waals surface area contributed by atoms with E-state index in [1.165, 1.54) is 12.1 Å². The lowest BCUT2D eigenvalue weighted by Crippen LogP contribution is -2.04. The minimum Gasteiger partial charge on any atom is -0.440 e. The predicted octanol–water partition coefficient (Wildman–Crippen LogP) is 6.42. The van der Waals surface area contributed by atoms with Crippen molar-refractivity contribution >= 4 is 9.84 Å². The van der Waals surface area contributed by atoms with Crippen molar-refractivity contribution < 1.29 is 35.8 Å². The smallest absolute Gasteiger partial charge is 0.387 e. The Morgan fingerprint density at radius 1 is 0.976 bits per heavy atom. The quantitative estimate of drug-likeness (QED) is 0.220. The van der Waals surface area contributed by atoms with Crippen LogP contribution in [-0.2, 0) is 16.4 Å². The molecular weight excluding hydrogens is 571 g/mol. The Kier molecular flexibility index (Phi) is 7.69. The Bertz CT molecular complexity index is 1920. The fourth-order valence-corrected chi connectivity index (χ4v) is 5.78. The molecule has 1 N–H and O–H groups in total. The van der Waals surface area contributed by atoms with Crippen LogP contribution in [0.2, 0.25) is 0 Å². The SMILES string of the molecule is Cc1cn(-c2ccc(-c3ccc(CO)c(S(C)(=O)=O)c3)cc2-c2nc(C)oc2-c2ccc(OC(F)F)c(F)c2)c(C)n1. The second kappa shape index (κ2) is 11.1. The molecule has 2 heterocycles. The van der Waals surface area contributed by atoms with E-state index in [9.17, 15) is 26.7 Å². The molecule has 12 heteroatoms. The molecule has 0 spiro atoms. The zero-order valence-corrected chi connectivity index (χ0v) is 23.8. The molecule has 0 aliphatic heterocycles. The number of halogens is 3. The molecule has 0 fully saturated rings. The van der Waals surface area contributed by atoms with Gasteiger partial charge in [-0.05, 0) is 66.9 Å². The number of alkyl halides is 2. The standard InChI is InChI=1S/C30H26F3N3O5S/c1-16-14-36(17(2)34-16)25-9-7-19(20-5-6-22(15-37)27(13-20)42(4,38)39)11-23(25)28-29(40-18(3)35-28)21-8-10-26(24(31)12-21)41-30(32)33/h5-14,30,37H,15H2,1-4H3. The highest BCUT2D eigenvalue weighted by Crippen LogP contribution is 2.40. The number of imidazole rings is 1. The van der Waals surface area contributed by atoms with Gasteiger partial charge in [0.1, 0.15) is 11.5 Å². The number of aryl methyl sites for hydroxylation is 3. The molecule has 0 atom stereocenters. The number of aliphatic hydroxyl groups is 1. The van der Waals surface area contributed by atoms with Gasteiger partial charge in [0.2, 0.25) is 0 Å². The third-order valence-corrected chi connectivity index (χ3v) is 7.81. The van der Waals surface area contributed by atoms with E-state index in [2.05, 4.69) is 14.7 Å². The summed E-state index contributed by atoms with van der Waals surface area (Å²) in [5.74, 6) is -0.452. The summed E-state index contributed by atoms with van der Waals surface area (Å²) in [6.45, 7) is 1.69. The Morgan fingerprint density at radius 2 is 1.67 bits per heavy atom. The molecule has 0 aliphatic rings. The molecule has 42 heavy (non-hydrogen) atoms. The first-order valence-corrected chi connectivity index (χ1v) is 14.6. The Balaban J connectivity index is 1.74. The number of sulfone groups is 1. The highest BCUT2D eigenvalue weighted by Gasteiger charge is 2.23. The Labute approximate surface area is 240 Å². The van der Waals surface area contributed by atoms with Crippen LogP contribution >= 0.6 is 0 Å². The van der Waals surface area contributed by atoms with Crippen molar-refractivity contribution in [3.8, 4) is 45.1 Å². The van der Waals surface area contributed by atoms with Crippen LogP contribution in [0.3, 0.4) is 0 Å². The van der Waals surface area contributed by atoms with Crippen LogP contribution in [0.5, 0.6) is 5.75 Å². The number of aliphatic hydroxyl groups excluding tert-OH is 1. The van der Waals surface area contributed by atoms with Gasteiger partial charge in [0.15, 0.2) is 33.1 Å². The van der Waals surface area contributed by atoms with Crippen LogP contribution in [-0.4, -0.2) is 40.9 Å². The molecule has 0 aliphatic carbocycles. The molecular formula is C30H26F3N3O5S. The van der Waals surface area contributed by atoms with Crippen molar-refractivity contribution in [2.45, 2.75) is 38.9 Å². The number of oxazole rings is 1. The second-order valence-electron chi connectivity index (χ2n) is 9.72. The van der Waals surface area contributed by atoms with Crippen LogP contribution < -0.4 is 4.74 Å². The van der Waals surface area contributed by atoms with E-state index in [-0.39, 0.29) is 27.7 Å². The maximum Gasteiger partial charge on any atom is 0.387 e. The monoisotopic (exact) mass is 597 g/mol. The summed E-state index contributed by atoms with van der Waals surface area (Å²) in [4.78, 5) is 9.10. The zero-order valence-electron chi connectivity index (χ0n) is 23.0. The van der Waals surface area contributed by atoms with E-state index >= 15 is 0 Å². The summed E-state index contributed by atoms with van der Waals surface area (Å²) in [6.07, 6.45) is 2.92. The Hall–Kier alpha value is -4.42. The topological polar surface area (TPSA) is 107 Å². The molecule has 0 bridgehead atoms. The highest BCUT2D eigenvalue weighted by molar-refractivity contribution is 7.90. The highest BCUT2D eigenvalue weighted by atomic mass is 32.2. The number of hydrogen-bond acceptors (Lipinski definition) is 7. The molecule has 0 radical (unpaired) electrons. The van der Waals surface area contributed by atoms with Gasteiger partial charge in [-0.3, -0.25) is 0 Å². The van der Waals surface area contributed by atoms with E-state index < -0.39 is 34.6 Å². The minimum absolute atomic E-state index is 0.00811. The van der Waals surface area contributed by atoms with E-state index in [1.807, 2.05) is 36.7 Å². The third-order valence-electron chi connectivity index (χ3n) is 6.63. The summed E-state index contributed by atoms with van der Waals surface area (Å²) in [6, 6.07) is 13.7. The van der Waals surface area contributed by atoms with Crippen LogP contribution in [0.15, 0.2) is 70.1 Å². The lowest BCUT2D eigenvalue weighted by molar-refractivity contribution is -0.0521. The van der Waals surface area contributed by atoms with Gasteiger partial charge in [0, 0.05) is 30.5 Å². The summed E-state index contributed by atoms with van der Waals surface area (Å²) < 4.78 is 77.0. The molecule has 5 aromatic rings. The lowest BCUT2D eigenvalue weighted by Gasteiger charge is -2.15. The van der Waals surface area contributed by atoms with Gasteiger partial charge in [-0.25, -0.2) is 22.8 Å². The van der Waals surface area contributed by atoms with Crippen molar-refractivity contribution in [3.05, 3.63) is 89.6 Å². The van der Waals surface area contributed by atoms with E-state index in [0.717, 1.165) is 24.1 Å². The zero-order chi connectivity index (χ0) is 30.3. The van der Waals surface area contributed by atoms with Gasteiger partial charge in [-0.2, -0.15) is 8.78 Å². The Morgan fingerprint density at radius 3 is 2.29 bits per heavy atom. The van der Waals surface area contributed by atoms with Crippen molar-refractivity contribution in [3.63, 3.8) is 0 Å². The second-order valence-corrected chi connectivity index (χ2v) is 11.7. The third kappa shape index (κ3) is 5.68. The average Bonchev–Trinajstić information content (AvgIpc) is 3.49. The van der Waals surface area contributed by atoms with Crippen LogP contribution in [0.25, 0.3) is 39.4 Å². The molecule has 0 amide bonds. The van der Waals surface area contributed by atoms with E-state index in [4.69, 9.17) is 4.42 Å². The van der Waals surface area contributed by atoms with Gasteiger partial charge in [-0.1, -0.05) is 18.2 Å². The normalized spacial score (nSPS) is 11.8. The first-order chi connectivity index (χ1) is 19.8. The molecule has 8 nitrogen and oxygen atoms in total. The molecule has 3 aromatic carbocycles. The number of aromatic nitrogens is 3. The summed E-state index contributed by atoms with van der Waals surface area (Å²) in [7, 11) is -3.64. The van der Waals surface area contributed by atoms with Gasteiger partial charge in [0.25, 0.3) is 0 Å². The largest absolute Gasteiger partial charge is 0.440 e. The molecule has 218 valence electrons. The van der Waals surface area contributed by atoms with E-state index in [1.54, 1.807) is 25.1 Å². The van der Waals surface area contributed by atoms with Gasteiger partial charge < -0.3 is 18.8 Å². The van der Waals surface area contributed by atoms with Crippen molar-refractivity contribution in [1.82, 2.24) is 14.5 Å². The predicted molar refractivity (Wildman–Crippen MR) is 150 cm³/mol. The molecule has 0 unspecified atom stereocenters. The molecule has 5 rings (SSSR count). The first-order valence-electron chi connectivity index (χ1n) is 12.7. The van der Waals surface area contributed by atoms with Gasteiger partial charge in [-0.15, -0.1) is 0 Å². The van der Waals surface area contributed by atoms with Crippen molar-refractivity contribution in [2.24, 2.45) is 0 Å². The van der Waals surface area contributed by atoms with Crippen LogP contribution in [0.1, 0.15) is 23.0 Å². The molecule has 2 aromatic heterocycles. The van der Waals surface area contributed by atoms with E-state index in [0.29, 0.717) is 33.9 Å². The van der Waals surface area contributed by atoms with Crippen LogP contribution in [0.4, 0.5) is 13.2 Å². The fraction of sp³-hybridized carbons (Fsp3) is 0.200. The van der Waals surface area contributed by atoms with Crippen LogP contribution in [0, 0.1) is 26.6 Å². The summed E-state index contributed by atoms with van der Waals surface area (Å²) >= 11 is 0. The summed E-state index contributed by atoms with van der Waals surface area (Å²) in [5.41, 5.74) is 4.06. The number of nitrogens with zero attached hydrogens (tertiary/aromatic N) is 3. The van der Waals surface area contributed by atoms with Gasteiger partial charge in [0.05, 0.1) is 22.9 Å². The number of ether oxygens (including phenoxy) is 1. The number of rotatable bonds is 8. The van der Waals surface area contributed by atoms with Crippen molar-refractivity contribution in [1.29, 1.82) is 0 Å². The summed E-state index contributed by atoms with van der Waals surface area (Å²) in [5, 5.41) is 9.68. The molecule has 0 saturated heterocycles. The average molecular weight is 598 g/mol. The maximum absolute atomic E-state index is 14.7. The fourth-order valence-electron chi connectivity index (χ4n) is 4.83. The molecule has 0 saturated carbocycles. The lowest BCUT2D eigenvalue weighted by atomic mass is 9.97. The van der Waals surface area contributed by atoms with Crippen molar-refractivity contribution in [2.75, 3.05) is 6.26 Å².